The van der Waals surface area contributed by atoms with E-state index in [1.54, 1.807) is 54.0 Å². The molecule has 196 valence electrons. The standard InChI is InChI=1S/C29H29ClFN5O2/c1-18(20-11-14-25(32-17-20)33-27(37)19-9-12-22(31)13-10-19)28(38)35(5)26-16-24(29(2,3)4)34-36(26)23-8-6-7-21(30)15-23/h6-18H,1-5H3,(H,32,33,37). The fraction of sp³-hybridized carbons (Fsp3) is 0.241. The maximum absolute atomic E-state index is 13.6. The van der Waals surface area contributed by atoms with Crippen LogP contribution in [-0.4, -0.2) is 33.6 Å². The maximum Gasteiger partial charge on any atom is 0.256 e. The number of amides is 2. The zero-order valence-electron chi connectivity index (χ0n) is 21.9. The van der Waals surface area contributed by atoms with Crippen molar-refractivity contribution in [2.75, 3.05) is 17.3 Å². The molecule has 2 aromatic carbocycles. The molecule has 38 heavy (non-hydrogen) atoms. The van der Waals surface area contributed by atoms with E-state index in [0.29, 0.717) is 27.8 Å². The molecule has 0 radical (unpaired) electrons. The molecule has 2 heterocycles. The Balaban J connectivity index is 1.55. The lowest BCUT2D eigenvalue weighted by atomic mass is 9.92. The van der Waals surface area contributed by atoms with Crippen LogP contribution >= 0.6 is 11.6 Å². The first-order chi connectivity index (χ1) is 17.9. The zero-order valence-corrected chi connectivity index (χ0v) is 22.6. The average molecular weight is 534 g/mol. The first-order valence-electron chi connectivity index (χ1n) is 12.1. The summed E-state index contributed by atoms with van der Waals surface area (Å²) < 4.78 is 14.8. The van der Waals surface area contributed by atoms with Gasteiger partial charge in [-0.1, -0.05) is 44.5 Å². The Labute approximate surface area is 226 Å². The van der Waals surface area contributed by atoms with E-state index in [2.05, 4.69) is 31.1 Å². The number of carbonyl (C=O) groups excluding carboxylic acids is 2. The van der Waals surface area contributed by atoms with E-state index in [9.17, 15) is 14.0 Å². The van der Waals surface area contributed by atoms with Crippen molar-refractivity contribution in [2.45, 2.75) is 39.0 Å². The van der Waals surface area contributed by atoms with Gasteiger partial charge in [0.1, 0.15) is 17.5 Å². The van der Waals surface area contributed by atoms with Gasteiger partial charge >= 0.3 is 0 Å². The summed E-state index contributed by atoms with van der Waals surface area (Å²) in [5, 5.41) is 8.04. The summed E-state index contributed by atoms with van der Waals surface area (Å²) in [5.41, 5.74) is 2.35. The number of likely N-dealkylation sites (N-methyl/N-ethyl adjacent to an activating group) is 1. The van der Waals surface area contributed by atoms with E-state index >= 15 is 0 Å². The molecular weight excluding hydrogens is 505 g/mol. The molecule has 4 rings (SSSR count). The number of anilines is 2. The number of pyridine rings is 1. The van der Waals surface area contributed by atoms with Crippen LogP contribution in [0.15, 0.2) is 72.9 Å². The van der Waals surface area contributed by atoms with Crippen molar-refractivity contribution < 1.29 is 14.0 Å². The molecule has 1 atom stereocenters. The number of halogens is 2. The van der Waals surface area contributed by atoms with Crippen LogP contribution in [0.2, 0.25) is 5.02 Å². The molecule has 2 aromatic heterocycles. The van der Waals surface area contributed by atoms with E-state index in [4.69, 9.17) is 16.7 Å². The van der Waals surface area contributed by atoms with Crippen LogP contribution in [0.1, 0.15) is 55.2 Å². The molecule has 1 unspecified atom stereocenters. The van der Waals surface area contributed by atoms with Gasteiger partial charge in [-0.3, -0.25) is 14.5 Å². The molecule has 0 saturated heterocycles. The summed E-state index contributed by atoms with van der Waals surface area (Å²) in [6, 6.07) is 17.8. The van der Waals surface area contributed by atoms with Crippen molar-refractivity contribution in [2.24, 2.45) is 0 Å². The molecule has 7 nitrogen and oxygen atoms in total. The number of hydrogen-bond acceptors (Lipinski definition) is 4. The zero-order chi connectivity index (χ0) is 27.6. The fourth-order valence-corrected chi connectivity index (χ4v) is 4.03. The van der Waals surface area contributed by atoms with Crippen LogP contribution in [0.5, 0.6) is 0 Å². The lowest BCUT2D eigenvalue weighted by Gasteiger charge is -2.22. The number of aromatic nitrogens is 3. The highest BCUT2D eigenvalue weighted by Crippen LogP contribution is 2.30. The van der Waals surface area contributed by atoms with Gasteiger partial charge in [-0.2, -0.15) is 5.10 Å². The Morgan fingerprint density at radius 3 is 2.37 bits per heavy atom. The average Bonchev–Trinajstić information content (AvgIpc) is 3.35. The first kappa shape index (κ1) is 27.0. The lowest BCUT2D eigenvalue weighted by molar-refractivity contribution is -0.119. The van der Waals surface area contributed by atoms with Crippen molar-refractivity contribution in [3.63, 3.8) is 0 Å². The highest BCUT2D eigenvalue weighted by Gasteiger charge is 2.27. The van der Waals surface area contributed by atoms with Crippen molar-refractivity contribution in [1.82, 2.24) is 14.8 Å². The molecule has 4 aromatic rings. The van der Waals surface area contributed by atoms with Crippen molar-refractivity contribution >= 4 is 35.1 Å². The molecule has 0 bridgehead atoms. The van der Waals surface area contributed by atoms with Crippen LogP contribution in [0.25, 0.3) is 5.69 Å². The molecule has 0 aliphatic rings. The number of hydrogen-bond donors (Lipinski definition) is 1. The topological polar surface area (TPSA) is 80.1 Å². The highest BCUT2D eigenvalue weighted by molar-refractivity contribution is 6.30. The second-order valence-corrected chi connectivity index (χ2v) is 10.5. The summed E-state index contributed by atoms with van der Waals surface area (Å²) in [6.45, 7) is 7.99. The fourth-order valence-electron chi connectivity index (χ4n) is 3.85. The lowest BCUT2D eigenvalue weighted by Crippen LogP contribution is -2.32. The third-order valence-corrected chi connectivity index (χ3v) is 6.43. The van der Waals surface area contributed by atoms with Gasteiger partial charge in [0.15, 0.2) is 0 Å². The third kappa shape index (κ3) is 5.92. The minimum Gasteiger partial charge on any atom is -0.307 e. The second kappa shape index (κ2) is 10.8. The summed E-state index contributed by atoms with van der Waals surface area (Å²) in [5.74, 6) is -0.556. The quantitative estimate of drug-likeness (QED) is 0.312. The number of rotatable bonds is 6. The monoisotopic (exact) mass is 533 g/mol. The van der Waals surface area contributed by atoms with Gasteiger partial charge in [-0.05, 0) is 61.0 Å². The summed E-state index contributed by atoms with van der Waals surface area (Å²) in [4.78, 5) is 31.8. The number of nitrogens with one attached hydrogen (secondary N) is 1. The molecule has 0 saturated carbocycles. The minimum absolute atomic E-state index is 0.154. The van der Waals surface area contributed by atoms with E-state index in [1.165, 1.54) is 24.3 Å². The predicted octanol–water partition coefficient (Wildman–Crippen LogP) is 6.38. The smallest absolute Gasteiger partial charge is 0.256 e. The Morgan fingerprint density at radius 1 is 1.05 bits per heavy atom. The van der Waals surface area contributed by atoms with E-state index < -0.39 is 17.6 Å². The third-order valence-electron chi connectivity index (χ3n) is 6.19. The molecule has 0 aliphatic carbocycles. The molecule has 9 heteroatoms. The van der Waals surface area contributed by atoms with Gasteiger partial charge in [0.05, 0.1) is 17.3 Å². The van der Waals surface area contributed by atoms with Gasteiger partial charge in [-0.15, -0.1) is 0 Å². The largest absolute Gasteiger partial charge is 0.307 e. The Kier molecular flexibility index (Phi) is 7.64. The molecule has 0 aliphatic heterocycles. The van der Waals surface area contributed by atoms with Crippen LogP contribution in [0, 0.1) is 5.82 Å². The summed E-state index contributed by atoms with van der Waals surface area (Å²) >= 11 is 6.23. The molecule has 0 fully saturated rings. The SMILES string of the molecule is CC(C(=O)N(C)c1cc(C(C)(C)C)nn1-c1cccc(Cl)c1)c1ccc(NC(=O)c2ccc(F)cc2)nc1. The summed E-state index contributed by atoms with van der Waals surface area (Å²) in [7, 11) is 1.72. The minimum atomic E-state index is -0.518. The van der Waals surface area contributed by atoms with Gasteiger partial charge in [0.25, 0.3) is 5.91 Å². The van der Waals surface area contributed by atoms with Crippen LogP contribution in [-0.2, 0) is 10.2 Å². The molecule has 0 spiro atoms. The number of nitrogens with zero attached hydrogens (tertiary/aromatic N) is 4. The Morgan fingerprint density at radius 2 is 1.76 bits per heavy atom. The Bertz CT molecular complexity index is 1460. The normalized spacial score (nSPS) is 12.2. The first-order valence-corrected chi connectivity index (χ1v) is 12.5. The van der Waals surface area contributed by atoms with E-state index in [-0.39, 0.29) is 11.3 Å². The van der Waals surface area contributed by atoms with Crippen molar-refractivity contribution in [1.29, 1.82) is 0 Å². The molecule has 1 N–H and O–H groups in total. The predicted molar refractivity (Wildman–Crippen MR) is 148 cm³/mol. The van der Waals surface area contributed by atoms with Gasteiger partial charge in [0.2, 0.25) is 5.91 Å². The summed E-state index contributed by atoms with van der Waals surface area (Å²) in [6.07, 6.45) is 1.56. The van der Waals surface area contributed by atoms with Gasteiger partial charge < -0.3 is 5.32 Å². The van der Waals surface area contributed by atoms with Crippen molar-refractivity contribution in [3.8, 4) is 5.69 Å². The van der Waals surface area contributed by atoms with Crippen molar-refractivity contribution in [3.05, 3.63) is 101 Å². The highest BCUT2D eigenvalue weighted by atomic mass is 35.5. The number of carbonyl (C=O) groups is 2. The van der Waals surface area contributed by atoms with Crippen LogP contribution < -0.4 is 10.2 Å². The van der Waals surface area contributed by atoms with Gasteiger partial charge in [0, 0.05) is 35.3 Å². The molecular formula is C29H29ClFN5O2. The molecule has 2 amide bonds. The Hall–Kier alpha value is -4.04. The van der Waals surface area contributed by atoms with Gasteiger partial charge in [-0.25, -0.2) is 14.1 Å². The van der Waals surface area contributed by atoms with E-state index in [0.717, 1.165) is 11.4 Å². The van der Waals surface area contributed by atoms with Crippen LogP contribution in [0.4, 0.5) is 16.0 Å². The van der Waals surface area contributed by atoms with Crippen LogP contribution in [0.3, 0.4) is 0 Å². The maximum atomic E-state index is 13.6. The second-order valence-electron chi connectivity index (χ2n) is 10.1. The van der Waals surface area contributed by atoms with E-state index in [1.807, 2.05) is 18.2 Å². The number of benzene rings is 2.